The third-order valence-corrected chi connectivity index (χ3v) is 13.8. The van der Waals surface area contributed by atoms with Gasteiger partial charge in [-0.3, -0.25) is 34.4 Å². The standard InChI is InChI=1S/C49H46N4O5/c1-30-16-19-34(20-17-30)50-53-46(56)41-28-40-37(22-23-38-42(40)47(57)52(45(38)55)35-24-26-51(27-25-35)29-31-10-4-2-5-11-31)43(49(41,48(53)58)33-13-6-3-7-14-33)39-21-18-32-12-8-9-15-36(32)44(39)54/h2-22,35,38,40-43,50,54H,23-29H2,1H3. The van der Waals surface area contributed by atoms with Gasteiger partial charge in [0.1, 0.15) is 5.75 Å². The second kappa shape index (κ2) is 14.1. The number of piperidine rings is 1. The fourth-order valence-electron chi connectivity index (χ4n) is 11.2. The molecule has 0 spiro atoms. The number of allylic oxidation sites excluding steroid dienone is 2. The van der Waals surface area contributed by atoms with Crippen LogP contribution in [-0.4, -0.2) is 62.7 Å². The zero-order valence-electron chi connectivity index (χ0n) is 32.5. The third kappa shape index (κ3) is 5.54. The highest BCUT2D eigenvalue weighted by molar-refractivity contribution is 6.13. The first kappa shape index (κ1) is 36.3. The average molecular weight is 771 g/mol. The summed E-state index contributed by atoms with van der Waals surface area (Å²) < 4.78 is 0. The number of imide groups is 2. The number of carbonyl (C=O) groups is 4. The molecule has 9 nitrogen and oxygen atoms in total. The summed E-state index contributed by atoms with van der Waals surface area (Å²) in [4.78, 5) is 63.9. The van der Waals surface area contributed by atoms with Crippen molar-refractivity contribution >= 4 is 40.1 Å². The number of hydrazine groups is 1. The summed E-state index contributed by atoms with van der Waals surface area (Å²) in [5.41, 5.74) is 6.62. The number of phenols is 1. The minimum absolute atomic E-state index is 0.0451. The van der Waals surface area contributed by atoms with Crippen LogP contribution in [0.25, 0.3) is 10.8 Å². The summed E-state index contributed by atoms with van der Waals surface area (Å²) in [6.07, 6.45) is 4.03. The number of aromatic hydroxyl groups is 1. The molecule has 0 radical (unpaired) electrons. The maximum absolute atomic E-state index is 15.5. The Balaban J connectivity index is 1.07. The molecule has 3 aliphatic heterocycles. The van der Waals surface area contributed by atoms with E-state index in [4.69, 9.17) is 0 Å². The highest BCUT2D eigenvalue weighted by Crippen LogP contribution is 2.65. The Kier molecular flexibility index (Phi) is 8.82. The van der Waals surface area contributed by atoms with Crippen LogP contribution in [0.15, 0.2) is 133 Å². The largest absolute Gasteiger partial charge is 0.507 e. The van der Waals surface area contributed by atoms with Crippen LogP contribution in [-0.2, 0) is 31.1 Å². The minimum Gasteiger partial charge on any atom is -0.507 e. The lowest BCUT2D eigenvalue weighted by Gasteiger charge is -2.50. The van der Waals surface area contributed by atoms with Crippen LogP contribution in [0.4, 0.5) is 5.69 Å². The topological polar surface area (TPSA) is 110 Å². The normalized spacial score (nSPS) is 27.4. The van der Waals surface area contributed by atoms with Gasteiger partial charge in [-0.25, -0.2) is 0 Å². The average Bonchev–Trinajstić information content (AvgIpc) is 3.63. The van der Waals surface area contributed by atoms with Crippen LogP contribution >= 0.6 is 0 Å². The number of carbonyl (C=O) groups excluding carboxylic acids is 4. The van der Waals surface area contributed by atoms with Gasteiger partial charge in [-0.15, -0.1) is 0 Å². The zero-order chi connectivity index (χ0) is 39.7. The van der Waals surface area contributed by atoms with Crippen LogP contribution in [0, 0.1) is 30.6 Å². The monoisotopic (exact) mass is 770 g/mol. The Labute approximate surface area is 337 Å². The molecule has 9 heteroatoms. The number of nitrogens with one attached hydrogen (secondary N) is 1. The van der Waals surface area contributed by atoms with Gasteiger partial charge in [-0.1, -0.05) is 126 Å². The molecule has 6 unspecified atom stereocenters. The molecule has 0 bridgehead atoms. The van der Waals surface area contributed by atoms with Crippen LogP contribution in [0.3, 0.4) is 0 Å². The molecule has 6 atom stereocenters. The predicted molar refractivity (Wildman–Crippen MR) is 221 cm³/mol. The van der Waals surface area contributed by atoms with Crippen molar-refractivity contribution in [2.45, 2.75) is 56.5 Å². The van der Waals surface area contributed by atoms with Gasteiger partial charge in [0.25, 0.3) is 11.8 Å². The van der Waals surface area contributed by atoms with Crippen molar-refractivity contribution in [3.8, 4) is 5.75 Å². The summed E-state index contributed by atoms with van der Waals surface area (Å²) in [6.45, 7) is 4.37. The van der Waals surface area contributed by atoms with Crippen LogP contribution < -0.4 is 5.43 Å². The van der Waals surface area contributed by atoms with E-state index in [1.54, 1.807) is 4.90 Å². The molecule has 2 aliphatic carbocycles. The van der Waals surface area contributed by atoms with E-state index in [-0.39, 0.29) is 35.9 Å². The van der Waals surface area contributed by atoms with Crippen molar-refractivity contribution in [1.29, 1.82) is 0 Å². The Hall–Kier alpha value is -6.06. The SMILES string of the molecule is Cc1ccc(NN2C(=O)C3CC4C(=CCC5C(=O)N(C6CCN(Cc7ccccc7)CC6)C(=O)C54)C(c4ccc5ccccc5c4O)C3(c3ccccc3)C2=O)cc1. The van der Waals surface area contributed by atoms with Crippen LogP contribution in [0.2, 0.25) is 0 Å². The van der Waals surface area contributed by atoms with Gasteiger partial charge in [-0.2, -0.15) is 5.01 Å². The van der Waals surface area contributed by atoms with E-state index in [0.717, 1.165) is 36.2 Å². The number of phenolic OH excluding ortho intramolecular Hbond substituents is 1. The Morgan fingerprint density at radius 2 is 1.43 bits per heavy atom. The summed E-state index contributed by atoms with van der Waals surface area (Å²) in [5, 5.41) is 14.9. The lowest BCUT2D eigenvalue weighted by Crippen LogP contribution is -2.53. The van der Waals surface area contributed by atoms with E-state index in [1.165, 1.54) is 10.6 Å². The van der Waals surface area contributed by atoms with Crippen molar-refractivity contribution in [1.82, 2.24) is 14.8 Å². The van der Waals surface area contributed by atoms with E-state index in [1.807, 2.05) is 116 Å². The molecule has 0 aromatic heterocycles. The van der Waals surface area contributed by atoms with Crippen molar-refractivity contribution in [3.63, 3.8) is 0 Å². The second-order valence-electron chi connectivity index (χ2n) is 16.9. The minimum atomic E-state index is -1.46. The van der Waals surface area contributed by atoms with Crippen LogP contribution in [0.1, 0.15) is 53.9 Å². The number of fused-ring (bicyclic) bond motifs is 5. The number of hydrogen-bond acceptors (Lipinski definition) is 7. The maximum atomic E-state index is 15.5. The lowest BCUT2D eigenvalue weighted by molar-refractivity contribution is -0.144. The van der Waals surface area contributed by atoms with E-state index in [2.05, 4.69) is 28.5 Å². The second-order valence-corrected chi connectivity index (χ2v) is 16.9. The highest BCUT2D eigenvalue weighted by Gasteiger charge is 2.70. The van der Waals surface area contributed by atoms with Crippen molar-refractivity contribution in [2.75, 3.05) is 18.5 Å². The van der Waals surface area contributed by atoms with Gasteiger partial charge >= 0.3 is 0 Å². The number of aryl methyl sites for hydroxylation is 1. The Bertz CT molecular complexity index is 2480. The lowest BCUT2D eigenvalue weighted by atomic mass is 9.49. The first-order valence-electron chi connectivity index (χ1n) is 20.6. The molecule has 2 N–H and O–H groups in total. The van der Waals surface area contributed by atoms with Gasteiger partial charge in [0.15, 0.2) is 0 Å². The van der Waals surface area contributed by atoms with Crippen molar-refractivity contribution in [3.05, 3.63) is 155 Å². The van der Waals surface area contributed by atoms with Gasteiger partial charge in [0.2, 0.25) is 11.8 Å². The molecule has 10 rings (SSSR count). The molecular formula is C49H46N4O5. The van der Waals surface area contributed by atoms with Gasteiger partial charge < -0.3 is 5.11 Å². The molecule has 58 heavy (non-hydrogen) atoms. The number of benzene rings is 5. The van der Waals surface area contributed by atoms with Crippen molar-refractivity contribution in [2.24, 2.45) is 23.7 Å². The smallest absolute Gasteiger partial charge is 0.260 e. The Morgan fingerprint density at radius 1 is 0.741 bits per heavy atom. The van der Waals surface area contributed by atoms with E-state index in [9.17, 15) is 14.7 Å². The molecule has 292 valence electrons. The number of anilines is 1. The number of likely N-dealkylation sites (tertiary alicyclic amines) is 2. The molecular weight excluding hydrogens is 725 g/mol. The summed E-state index contributed by atoms with van der Waals surface area (Å²) >= 11 is 0. The highest BCUT2D eigenvalue weighted by atomic mass is 16.3. The quantitative estimate of drug-likeness (QED) is 0.130. The molecule has 4 amide bonds. The number of hydrogen-bond donors (Lipinski definition) is 2. The molecule has 5 aromatic carbocycles. The molecule has 1 saturated carbocycles. The van der Waals surface area contributed by atoms with Gasteiger partial charge in [-0.05, 0) is 67.2 Å². The summed E-state index contributed by atoms with van der Waals surface area (Å²) in [6, 6.07) is 38.6. The molecule has 5 aromatic rings. The molecule has 3 heterocycles. The summed E-state index contributed by atoms with van der Waals surface area (Å²) in [5.74, 6) is -4.47. The Morgan fingerprint density at radius 3 is 2.17 bits per heavy atom. The summed E-state index contributed by atoms with van der Waals surface area (Å²) in [7, 11) is 0. The zero-order valence-corrected chi connectivity index (χ0v) is 32.5. The van der Waals surface area contributed by atoms with Gasteiger partial charge in [0.05, 0.1) is 28.9 Å². The maximum Gasteiger partial charge on any atom is 0.260 e. The third-order valence-electron chi connectivity index (χ3n) is 13.8. The number of amides is 4. The molecule has 3 saturated heterocycles. The predicted octanol–water partition coefficient (Wildman–Crippen LogP) is 7.50. The molecule has 4 fully saturated rings. The first-order chi connectivity index (χ1) is 28.3. The fraction of sp³-hybridized carbons (Fsp3) is 0.306. The first-order valence-corrected chi connectivity index (χ1v) is 20.6. The van der Waals surface area contributed by atoms with Crippen molar-refractivity contribution < 1.29 is 24.3 Å². The van der Waals surface area contributed by atoms with E-state index < -0.39 is 40.9 Å². The van der Waals surface area contributed by atoms with Gasteiger partial charge in [0, 0.05) is 42.5 Å². The fourth-order valence-corrected chi connectivity index (χ4v) is 11.2. The molecule has 5 aliphatic rings. The number of nitrogens with zero attached hydrogens (tertiary/aromatic N) is 3. The van der Waals surface area contributed by atoms with Crippen LogP contribution in [0.5, 0.6) is 5.75 Å². The van der Waals surface area contributed by atoms with E-state index >= 15 is 9.59 Å². The number of rotatable bonds is 7. The van der Waals surface area contributed by atoms with E-state index in [0.29, 0.717) is 41.5 Å².